The predicted octanol–water partition coefficient (Wildman–Crippen LogP) is 2.15. The highest BCUT2D eigenvalue weighted by molar-refractivity contribution is 5.63. The van der Waals surface area contributed by atoms with E-state index >= 15 is 0 Å². The standard InChI is InChI=1S/C6H7N3O/c7-8-5-3-1-2-4-6(5)9-10/h1-4,7,9-10H. The van der Waals surface area contributed by atoms with Gasteiger partial charge in [-0.1, -0.05) is 12.1 Å². The first-order chi connectivity index (χ1) is 4.88. The van der Waals surface area contributed by atoms with Crippen LogP contribution in [0.1, 0.15) is 0 Å². The van der Waals surface area contributed by atoms with Gasteiger partial charge >= 0.3 is 0 Å². The van der Waals surface area contributed by atoms with Gasteiger partial charge in [0.25, 0.3) is 0 Å². The van der Waals surface area contributed by atoms with Crippen LogP contribution in [0.25, 0.3) is 0 Å². The van der Waals surface area contributed by atoms with Crippen LogP contribution in [0.2, 0.25) is 0 Å². The van der Waals surface area contributed by atoms with Gasteiger partial charge in [-0.05, 0) is 12.1 Å². The van der Waals surface area contributed by atoms with Crippen LogP contribution in [0.3, 0.4) is 0 Å². The Labute approximate surface area is 58.0 Å². The Morgan fingerprint density at radius 3 is 2.60 bits per heavy atom. The van der Waals surface area contributed by atoms with Gasteiger partial charge in [0.1, 0.15) is 5.69 Å². The summed E-state index contributed by atoms with van der Waals surface area (Å²) in [6.45, 7) is 0. The number of hydrogen-bond donors (Lipinski definition) is 3. The lowest BCUT2D eigenvalue weighted by atomic mass is 10.3. The molecule has 1 rings (SSSR count). The number of benzene rings is 1. The molecule has 0 aliphatic heterocycles. The van der Waals surface area contributed by atoms with Crippen LogP contribution in [0.4, 0.5) is 11.4 Å². The fourth-order valence-corrected chi connectivity index (χ4v) is 0.666. The van der Waals surface area contributed by atoms with E-state index in [9.17, 15) is 0 Å². The van der Waals surface area contributed by atoms with Crippen LogP contribution in [-0.2, 0) is 0 Å². The van der Waals surface area contributed by atoms with Gasteiger partial charge in [-0.3, -0.25) is 10.7 Å². The molecular weight excluding hydrogens is 130 g/mol. The van der Waals surface area contributed by atoms with Gasteiger partial charge < -0.3 is 0 Å². The van der Waals surface area contributed by atoms with Crippen LogP contribution >= 0.6 is 0 Å². The van der Waals surface area contributed by atoms with Crippen molar-refractivity contribution >= 4 is 11.4 Å². The summed E-state index contributed by atoms with van der Waals surface area (Å²) in [5.41, 5.74) is 9.46. The van der Waals surface area contributed by atoms with Crippen molar-refractivity contribution in [1.29, 1.82) is 5.53 Å². The van der Waals surface area contributed by atoms with Gasteiger partial charge in [-0.25, -0.2) is 5.53 Å². The van der Waals surface area contributed by atoms with E-state index in [1.807, 2.05) is 5.48 Å². The molecule has 0 heterocycles. The van der Waals surface area contributed by atoms with Crippen molar-refractivity contribution in [3.8, 4) is 0 Å². The minimum atomic E-state index is 0.421. The molecule has 0 saturated carbocycles. The van der Waals surface area contributed by atoms with Crippen LogP contribution in [0.15, 0.2) is 29.4 Å². The largest absolute Gasteiger partial charge is 0.291 e. The molecule has 0 aromatic heterocycles. The SMILES string of the molecule is N=Nc1ccccc1NO. The molecule has 0 bridgehead atoms. The average molecular weight is 137 g/mol. The summed E-state index contributed by atoms with van der Waals surface area (Å²) in [6, 6.07) is 6.75. The molecule has 0 unspecified atom stereocenters. The fourth-order valence-electron chi connectivity index (χ4n) is 0.666. The Hall–Kier alpha value is -1.42. The Bertz CT molecular complexity index is 236. The zero-order valence-electron chi connectivity index (χ0n) is 5.20. The molecule has 0 aliphatic carbocycles. The molecule has 4 heteroatoms. The lowest BCUT2D eigenvalue weighted by molar-refractivity contribution is 0.389. The second-order valence-corrected chi connectivity index (χ2v) is 1.74. The smallest absolute Gasteiger partial charge is 0.110 e. The zero-order chi connectivity index (χ0) is 7.40. The molecule has 4 nitrogen and oxygen atoms in total. The lowest BCUT2D eigenvalue weighted by Gasteiger charge is -1.99. The summed E-state index contributed by atoms with van der Waals surface area (Å²) in [4.78, 5) is 0. The predicted molar refractivity (Wildman–Crippen MR) is 36.7 cm³/mol. The first-order valence-corrected chi connectivity index (χ1v) is 2.75. The molecule has 0 radical (unpaired) electrons. The molecule has 0 aliphatic rings. The van der Waals surface area contributed by atoms with Crippen LogP contribution in [0, 0.1) is 5.53 Å². The molecule has 10 heavy (non-hydrogen) atoms. The first-order valence-electron chi connectivity index (χ1n) is 2.75. The summed E-state index contributed by atoms with van der Waals surface area (Å²) in [7, 11) is 0. The third-order valence-electron chi connectivity index (χ3n) is 1.14. The van der Waals surface area contributed by atoms with Crippen molar-refractivity contribution in [3.63, 3.8) is 0 Å². The maximum atomic E-state index is 8.46. The molecule has 1 aromatic rings. The van der Waals surface area contributed by atoms with E-state index in [0.717, 1.165) is 0 Å². The van der Waals surface area contributed by atoms with Crippen LogP contribution < -0.4 is 5.48 Å². The van der Waals surface area contributed by atoms with E-state index in [-0.39, 0.29) is 0 Å². The normalized spacial score (nSPS) is 8.90. The van der Waals surface area contributed by atoms with Gasteiger partial charge in [-0.2, -0.15) is 5.11 Å². The topological polar surface area (TPSA) is 68.5 Å². The number of nitrogens with zero attached hydrogens (tertiary/aromatic N) is 1. The van der Waals surface area contributed by atoms with E-state index in [2.05, 4.69) is 5.11 Å². The second-order valence-electron chi connectivity index (χ2n) is 1.74. The maximum absolute atomic E-state index is 8.46. The van der Waals surface area contributed by atoms with Gasteiger partial charge in [0.15, 0.2) is 0 Å². The lowest BCUT2D eigenvalue weighted by Crippen LogP contribution is -1.87. The van der Waals surface area contributed by atoms with E-state index in [1.165, 1.54) is 0 Å². The minimum absolute atomic E-state index is 0.421. The summed E-state index contributed by atoms with van der Waals surface area (Å²) in [5, 5.41) is 11.6. The summed E-state index contributed by atoms with van der Waals surface area (Å²) in [5.74, 6) is 0. The van der Waals surface area contributed by atoms with Crippen molar-refractivity contribution in [2.45, 2.75) is 0 Å². The van der Waals surface area contributed by atoms with Crippen molar-refractivity contribution in [2.24, 2.45) is 5.11 Å². The highest BCUT2D eigenvalue weighted by Crippen LogP contribution is 2.22. The van der Waals surface area contributed by atoms with Crippen molar-refractivity contribution in [2.75, 3.05) is 5.48 Å². The van der Waals surface area contributed by atoms with E-state index in [4.69, 9.17) is 10.7 Å². The highest BCUT2D eigenvalue weighted by atomic mass is 16.5. The van der Waals surface area contributed by atoms with Gasteiger partial charge in [0.05, 0.1) is 5.69 Å². The molecule has 0 saturated heterocycles. The van der Waals surface area contributed by atoms with E-state index < -0.39 is 0 Å². The van der Waals surface area contributed by atoms with Crippen molar-refractivity contribution in [1.82, 2.24) is 0 Å². The molecule has 0 spiro atoms. The van der Waals surface area contributed by atoms with Crippen LogP contribution in [0.5, 0.6) is 0 Å². The van der Waals surface area contributed by atoms with Crippen molar-refractivity contribution in [3.05, 3.63) is 24.3 Å². The Morgan fingerprint density at radius 1 is 1.40 bits per heavy atom. The fraction of sp³-hybridized carbons (Fsp3) is 0. The molecule has 0 amide bonds. The van der Waals surface area contributed by atoms with Gasteiger partial charge in [0.2, 0.25) is 0 Å². The number of rotatable bonds is 2. The third kappa shape index (κ3) is 1.11. The summed E-state index contributed by atoms with van der Waals surface area (Å²) in [6.07, 6.45) is 0. The number of para-hydroxylation sites is 2. The van der Waals surface area contributed by atoms with Gasteiger partial charge in [0, 0.05) is 0 Å². The average Bonchev–Trinajstić information content (AvgIpc) is 2.04. The monoisotopic (exact) mass is 137 g/mol. The van der Waals surface area contributed by atoms with Crippen molar-refractivity contribution < 1.29 is 5.21 Å². The Morgan fingerprint density at radius 2 is 2.10 bits per heavy atom. The molecule has 3 N–H and O–H groups in total. The van der Waals surface area contributed by atoms with Gasteiger partial charge in [-0.15, -0.1) is 0 Å². The number of anilines is 1. The molecule has 0 atom stereocenters. The number of hydrogen-bond acceptors (Lipinski definition) is 4. The number of nitrogens with one attached hydrogen (secondary N) is 2. The highest BCUT2D eigenvalue weighted by Gasteiger charge is 1.95. The minimum Gasteiger partial charge on any atom is -0.291 e. The molecule has 0 fully saturated rings. The molecule has 52 valence electrons. The zero-order valence-corrected chi connectivity index (χ0v) is 5.20. The second kappa shape index (κ2) is 2.93. The summed E-state index contributed by atoms with van der Waals surface area (Å²) >= 11 is 0. The molecular formula is C6H7N3O. The Balaban J connectivity index is 3.08. The quantitative estimate of drug-likeness (QED) is 0.431. The van der Waals surface area contributed by atoms with Crippen LogP contribution in [-0.4, -0.2) is 5.21 Å². The first kappa shape index (κ1) is 6.70. The maximum Gasteiger partial charge on any atom is 0.110 e. The third-order valence-corrected chi connectivity index (χ3v) is 1.14. The van der Waals surface area contributed by atoms with E-state index in [0.29, 0.717) is 11.4 Å². The summed E-state index contributed by atoms with van der Waals surface area (Å²) < 4.78 is 0. The van der Waals surface area contributed by atoms with E-state index in [1.54, 1.807) is 24.3 Å². The Kier molecular flexibility index (Phi) is 1.96. The molecule has 1 aromatic carbocycles.